The first kappa shape index (κ1) is 19.3. The molecular formula is C21H14ClFN2O3S. The zero-order chi connectivity index (χ0) is 20.8. The zero-order valence-corrected chi connectivity index (χ0v) is 16.7. The molecule has 146 valence electrons. The van der Waals surface area contributed by atoms with E-state index in [2.05, 4.69) is 4.98 Å². The van der Waals surface area contributed by atoms with Gasteiger partial charge in [0, 0.05) is 17.1 Å². The Hall–Kier alpha value is -3.03. The van der Waals surface area contributed by atoms with E-state index in [1.54, 1.807) is 24.3 Å². The van der Waals surface area contributed by atoms with Gasteiger partial charge < -0.3 is 0 Å². The van der Waals surface area contributed by atoms with E-state index in [1.807, 2.05) is 6.92 Å². The third-order valence-electron chi connectivity index (χ3n) is 4.59. The lowest BCUT2D eigenvalue weighted by Crippen LogP contribution is -2.14. The lowest BCUT2D eigenvalue weighted by atomic mass is 10.1. The predicted octanol–water partition coefficient (Wildman–Crippen LogP) is 4.85. The van der Waals surface area contributed by atoms with Gasteiger partial charge in [-0.2, -0.15) is 0 Å². The molecule has 0 saturated heterocycles. The molecule has 0 N–H and O–H groups in total. The van der Waals surface area contributed by atoms with Gasteiger partial charge in [-0.15, -0.1) is 0 Å². The van der Waals surface area contributed by atoms with E-state index in [0.717, 1.165) is 15.6 Å². The number of halogens is 2. The number of carbonyl (C=O) groups is 1. The van der Waals surface area contributed by atoms with E-state index in [0.29, 0.717) is 16.7 Å². The molecule has 8 heteroatoms. The van der Waals surface area contributed by atoms with E-state index in [4.69, 9.17) is 11.6 Å². The van der Waals surface area contributed by atoms with Gasteiger partial charge in [0.15, 0.2) is 11.9 Å². The van der Waals surface area contributed by atoms with Crippen LogP contribution in [0.3, 0.4) is 0 Å². The van der Waals surface area contributed by atoms with Gasteiger partial charge in [-0.05, 0) is 43.3 Å². The smallest absolute Gasteiger partial charge is 0.269 e. The van der Waals surface area contributed by atoms with E-state index in [-0.39, 0.29) is 27.4 Å². The van der Waals surface area contributed by atoms with Crippen molar-refractivity contribution in [1.29, 1.82) is 0 Å². The molecule has 4 aromatic rings. The highest BCUT2D eigenvalue weighted by atomic mass is 35.5. The fourth-order valence-electron chi connectivity index (χ4n) is 3.09. The van der Waals surface area contributed by atoms with Gasteiger partial charge in [-0.3, -0.25) is 4.79 Å². The molecular weight excluding hydrogens is 415 g/mol. The largest absolute Gasteiger partial charge is 0.298 e. The molecule has 29 heavy (non-hydrogen) atoms. The Morgan fingerprint density at radius 1 is 1.07 bits per heavy atom. The molecule has 0 amide bonds. The number of nitrogens with zero attached hydrogens (tertiary/aromatic N) is 2. The maximum absolute atomic E-state index is 14.2. The first-order valence-corrected chi connectivity index (χ1v) is 10.4. The summed E-state index contributed by atoms with van der Waals surface area (Å²) >= 11 is 6.26. The standard InChI is InChI=1S/C21H14ClFN2O3S/c1-13-2-6-16(7-3-13)29(27,28)25-20(11-17-18(22)8-9-24-21(17)25)14-4-5-15(12-26)19(23)10-14/h2-12H,1H3. The van der Waals surface area contributed by atoms with Gasteiger partial charge in [0.25, 0.3) is 10.0 Å². The Morgan fingerprint density at radius 3 is 2.45 bits per heavy atom. The Bertz CT molecular complexity index is 1360. The second-order valence-electron chi connectivity index (χ2n) is 6.50. The van der Waals surface area contributed by atoms with Crippen LogP contribution in [0.5, 0.6) is 0 Å². The van der Waals surface area contributed by atoms with Gasteiger partial charge in [-0.1, -0.05) is 35.4 Å². The summed E-state index contributed by atoms with van der Waals surface area (Å²) in [5.41, 5.74) is 1.39. The molecule has 5 nitrogen and oxygen atoms in total. The van der Waals surface area contributed by atoms with Crippen molar-refractivity contribution >= 4 is 38.9 Å². The van der Waals surface area contributed by atoms with Crippen LogP contribution in [0.2, 0.25) is 5.02 Å². The summed E-state index contributed by atoms with van der Waals surface area (Å²) in [6.07, 6.45) is 1.81. The molecule has 0 fully saturated rings. The summed E-state index contributed by atoms with van der Waals surface area (Å²) in [7, 11) is -4.06. The number of hydrogen-bond donors (Lipinski definition) is 0. The average molecular weight is 429 g/mol. The molecule has 0 unspecified atom stereocenters. The molecule has 2 aromatic carbocycles. The van der Waals surface area contributed by atoms with Crippen LogP contribution in [0.25, 0.3) is 22.3 Å². The highest BCUT2D eigenvalue weighted by Crippen LogP contribution is 2.34. The Kier molecular flexibility index (Phi) is 4.72. The monoisotopic (exact) mass is 428 g/mol. The second-order valence-corrected chi connectivity index (χ2v) is 8.69. The molecule has 4 rings (SSSR count). The van der Waals surface area contributed by atoms with E-state index < -0.39 is 15.8 Å². The molecule has 0 bridgehead atoms. The number of benzene rings is 2. The number of pyridine rings is 1. The number of aromatic nitrogens is 2. The first-order chi connectivity index (χ1) is 13.8. The maximum atomic E-state index is 14.2. The van der Waals surface area contributed by atoms with Crippen molar-refractivity contribution in [2.75, 3.05) is 0 Å². The van der Waals surface area contributed by atoms with Gasteiger partial charge in [-0.25, -0.2) is 21.8 Å². The van der Waals surface area contributed by atoms with Gasteiger partial charge in [0.2, 0.25) is 0 Å². The molecule has 0 aliphatic carbocycles. The van der Waals surface area contributed by atoms with Crippen LogP contribution in [0.15, 0.2) is 65.7 Å². The number of aldehydes is 1. The van der Waals surface area contributed by atoms with E-state index in [1.165, 1.54) is 30.5 Å². The van der Waals surface area contributed by atoms with Crippen LogP contribution >= 0.6 is 11.6 Å². The van der Waals surface area contributed by atoms with Crippen LogP contribution in [0, 0.1) is 12.7 Å². The van der Waals surface area contributed by atoms with Crippen molar-refractivity contribution in [2.45, 2.75) is 11.8 Å². The van der Waals surface area contributed by atoms with Crippen molar-refractivity contribution in [3.63, 3.8) is 0 Å². The molecule has 0 radical (unpaired) electrons. The highest BCUT2D eigenvalue weighted by molar-refractivity contribution is 7.90. The number of hydrogen-bond acceptors (Lipinski definition) is 4. The van der Waals surface area contributed by atoms with E-state index >= 15 is 0 Å². The highest BCUT2D eigenvalue weighted by Gasteiger charge is 2.26. The summed E-state index contributed by atoms with van der Waals surface area (Å²) in [4.78, 5) is 15.2. The second kappa shape index (κ2) is 7.09. The SMILES string of the molecule is Cc1ccc(S(=O)(=O)n2c(-c3ccc(C=O)c(F)c3)cc3c(Cl)ccnc32)cc1. The van der Waals surface area contributed by atoms with E-state index in [9.17, 15) is 17.6 Å². The number of fused-ring (bicyclic) bond motifs is 1. The van der Waals surface area contributed by atoms with Gasteiger partial charge >= 0.3 is 0 Å². The van der Waals surface area contributed by atoms with Crippen LogP contribution in [0.4, 0.5) is 4.39 Å². The zero-order valence-electron chi connectivity index (χ0n) is 15.1. The van der Waals surface area contributed by atoms with Crippen LogP contribution < -0.4 is 0 Å². The van der Waals surface area contributed by atoms with Gasteiger partial charge in [0.05, 0.1) is 21.2 Å². The minimum atomic E-state index is -4.06. The minimum Gasteiger partial charge on any atom is -0.298 e. The maximum Gasteiger partial charge on any atom is 0.269 e. The third kappa shape index (κ3) is 3.22. The summed E-state index contributed by atoms with van der Waals surface area (Å²) in [5, 5.41) is 0.735. The topological polar surface area (TPSA) is 69.0 Å². The molecule has 0 saturated carbocycles. The third-order valence-corrected chi connectivity index (χ3v) is 6.64. The number of aryl methyl sites for hydroxylation is 1. The molecule has 2 aromatic heterocycles. The minimum absolute atomic E-state index is 0.0635. The summed E-state index contributed by atoms with van der Waals surface area (Å²) in [6.45, 7) is 1.85. The predicted molar refractivity (Wildman–Crippen MR) is 109 cm³/mol. The molecule has 0 aliphatic heterocycles. The van der Waals surface area contributed by atoms with Gasteiger partial charge in [0.1, 0.15) is 5.82 Å². The first-order valence-electron chi connectivity index (χ1n) is 8.56. The molecule has 0 spiro atoms. The molecule has 0 aliphatic rings. The fourth-order valence-corrected chi connectivity index (χ4v) is 4.76. The molecule has 2 heterocycles. The number of rotatable bonds is 4. The van der Waals surface area contributed by atoms with Crippen molar-refractivity contribution < 1.29 is 17.6 Å². The van der Waals surface area contributed by atoms with Crippen molar-refractivity contribution in [1.82, 2.24) is 8.96 Å². The summed E-state index contributed by atoms with van der Waals surface area (Å²) in [5.74, 6) is -0.749. The number of carbonyl (C=O) groups excluding carboxylic acids is 1. The Labute approximate surface area is 171 Å². The van der Waals surface area contributed by atoms with Crippen molar-refractivity contribution in [2.24, 2.45) is 0 Å². The lowest BCUT2D eigenvalue weighted by Gasteiger charge is -2.12. The van der Waals surface area contributed by atoms with Crippen LogP contribution in [-0.2, 0) is 10.0 Å². The Balaban J connectivity index is 2.06. The Morgan fingerprint density at radius 2 is 1.79 bits per heavy atom. The summed E-state index contributed by atoms with van der Waals surface area (Å²) < 4.78 is 42.2. The molecule has 0 atom stereocenters. The van der Waals surface area contributed by atoms with Crippen molar-refractivity contribution in [3.8, 4) is 11.3 Å². The fraction of sp³-hybridized carbons (Fsp3) is 0.0476. The summed E-state index contributed by atoms with van der Waals surface area (Å²) in [6, 6.07) is 13.4. The lowest BCUT2D eigenvalue weighted by molar-refractivity contribution is 0.112. The van der Waals surface area contributed by atoms with Crippen molar-refractivity contribution in [3.05, 3.63) is 82.8 Å². The quantitative estimate of drug-likeness (QED) is 0.435. The normalized spacial score (nSPS) is 11.7. The van der Waals surface area contributed by atoms with Crippen LogP contribution in [0.1, 0.15) is 15.9 Å². The average Bonchev–Trinajstić information content (AvgIpc) is 3.10. The van der Waals surface area contributed by atoms with Crippen LogP contribution in [-0.4, -0.2) is 23.7 Å².